The highest BCUT2D eigenvalue weighted by Gasteiger charge is 2.22. The van der Waals surface area contributed by atoms with Crippen molar-refractivity contribution in [1.82, 2.24) is 9.78 Å². The van der Waals surface area contributed by atoms with Crippen molar-refractivity contribution in [3.05, 3.63) is 87.7 Å². The molecule has 1 heterocycles. The Morgan fingerprint density at radius 2 is 1.74 bits per heavy atom. The zero-order chi connectivity index (χ0) is 19.4. The van der Waals surface area contributed by atoms with Crippen molar-refractivity contribution in [2.75, 3.05) is 0 Å². The van der Waals surface area contributed by atoms with Crippen LogP contribution in [-0.4, -0.2) is 21.7 Å². The number of hydrogen-bond donors (Lipinski definition) is 1. The van der Waals surface area contributed by atoms with E-state index in [1.807, 2.05) is 30.3 Å². The van der Waals surface area contributed by atoms with Crippen molar-refractivity contribution in [2.24, 2.45) is 5.73 Å². The van der Waals surface area contributed by atoms with Gasteiger partial charge in [-0.05, 0) is 30.2 Å². The summed E-state index contributed by atoms with van der Waals surface area (Å²) < 4.78 is 6.92. The third-order valence-electron chi connectivity index (χ3n) is 4.05. The van der Waals surface area contributed by atoms with Crippen molar-refractivity contribution in [3.8, 4) is 0 Å². The van der Waals surface area contributed by atoms with Crippen LogP contribution in [0.1, 0.15) is 37.5 Å². The molecule has 27 heavy (non-hydrogen) atoms. The molecule has 138 valence electrons. The van der Waals surface area contributed by atoms with Crippen molar-refractivity contribution >= 4 is 23.5 Å². The average molecular weight is 384 g/mol. The molecule has 0 saturated carbocycles. The van der Waals surface area contributed by atoms with Gasteiger partial charge < -0.3 is 10.5 Å². The first-order valence-corrected chi connectivity index (χ1v) is 8.66. The van der Waals surface area contributed by atoms with Crippen LogP contribution in [0, 0.1) is 6.92 Å². The van der Waals surface area contributed by atoms with E-state index in [1.54, 1.807) is 35.9 Å². The molecule has 0 saturated heterocycles. The lowest BCUT2D eigenvalue weighted by atomic mass is 10.1. The van der Waals surface area contributed by atoms with Gasteiger partial charge in [0.25, 0.3) is 0 Å². The summed E-state index contributed by atoms with van der Waals surface area (Å²) in [6.07, 6.45) is 0. The van der Waals surface area contributed by atoms with Crippen LogP contribution in [-0.2, 0) is 17.9 Å². The largest absolute Gasteiger partial charge is 0.457 e. The third-order valence-corrected chi connectivity index (χ3v) is 4.44. The van der Waals surface area contributed by atoms with E-state index in [0.717, 1.165) is 11.1 Å². The SMILES string of the molecule is Cc1nn(Cc2ccccc2)c(Cl)c1C(=O)OCc1ccc(C(N)=O)cc1. The molecule has 7 heteroatoms. The molecule has 0 radical (unpaired) electrons. The molecule has 0 unspecified atom stereocenters. The smallest absolute Gasteiger partial charge is 0.343 e. The minimum atomic E-state index is -0.546. The highest BCUT2D eigenvalue weighted by atomic mass is 35.5. The van der Waals surface area contributed by atoms with E-state index in [0.29, 0.717) is 17.8 Å². The minimum absolute atomic E-state index is 0.0531. The Balaban J connectivity index is 1.70. The summed E-state index contributed by atoms with van der Waals surface area (Å²) in [7, 11) is 0. The van der Waals surface area contributed by atoms with Crippen LogP contribution >= 0.6 is 11.6 Å². The lowest BCUT2D eigenvalue weighted by molar-refractivity contribution is 0.0471. The van der Waals surface area contributed by atoms with Gasteiger partial charge in [-0.2, -0.15) is 5.10 Å². The number of carbonyl (C=O) groups is 2. The number of benzene rings is 2. The highest BCUT2D eigenvalue weighted by molar-refractivity contribution is 6.32. The molecule has 1 aromatic heterocycles. The van der Waals surface area contributed by atoms with E-state index in [4.69, 9.17) is 22.1 Å². The van der Waals surface area contributed by atoms with Crippen LogP contribution in [0.3, 0.4) is 0 Å². The number of halogens is 1. The molecule has 0 spiro atoms. The first kappa shape index (κ1) is 18.7. The van der Waals surface area contributed by atoms with Crippen molar-refractivity contribution in [1.29, 1.82) is 0 Å². The van der Waals surface area contributed by atoms with E-state index in [1.165, 1.54) is 0 Å². The summed E-state index contributed by atoms with van der Waals surface area (Å²) in [4.78, 5) is 23.6. The Kier molecular flexibility index (Phi) is 5.57. The van der Waals surface area contributed by atoms with Gasteiger partial charge in [0.05, 0.1) is 12.2 Å². The van der Waals surface area contributed by atoms with Gasteiger partial charge in [0, 0.05) is 5.56 Å². The number of hydrogen-bond acceptors (Lipinski definition) is 4. The number of rotatable bonds is 6. The number of aromatic nitrogens is 2. The monoisotopic (exact) mass is 383 g/mol. The van der Waals surface area contributed by atoms with Crippen LogP contribution in [0.2, 0.25) is 5.15 Å². The van der Waals surface area contributed by atoms with Gasteiger partial charge in [0.1, 0.15) is 17.3 Å². The number of primary amides is 1. The second-order valence-corrected chi connectivity index (χ2v) is 6.39. The molecule has 0 fully saturated rings. The van der Waals surface area contributed by atoms with Crippen molar-refractivity contribution in [3.63, 3.8) is 0 Å². The second-order valence-electron chi connectivity index (χ2n) is 6.03. The Morgan fingerprint density at radius 3 is 2.37 bits per heavy atom. The summed E-state index contributed by atoms with van der Waals surface area (Å²) in [5.41, 5.74) is 8.11. The molecule has 0 atom stereocenters. The zero-order valence-electron chi connectivity index (χ0n) is 14.7. The van der Waals surface area contributed by atoms with Gasteiger partial charge in [0.15, 0.2) is 0 Å². The predicted octanol–water partition coefficient (Wildman–Crippen LogP) is 3.35. The molecule has 2 aromatic carbocycles. The van der Waals surface area contributed by atoms with Crippen LogP contribution in [0.25, 0.3) is 0 Å². The molecule has 3 rings (SSSR count). The Bertz CT molecular complexity index is 966. The number of ether oxygens (including phenoxy) is 1. The van der Waals surface area contributed by atoms with E-state index in [-0.39, 0.29) is 17.3 Å². The quantitative estimate of drug-likeness (QED) is 0.661. The number of esters is 1. The third kappa shape index (κ3) is 4.35. The van der Waals surface area contributed by atoms with Gasteiger partial charge in [-0.3, -0.25) is 4.79 Å². The molecule has 0 aliphatic rings. The first-order chi connectivity index (χ1) is 13.0. The van der Waals surface area contributed by atoms with E-state index in [9.17, 15) is 9.59 Å². The lowest BCUT2D eigenvalue weighted by Gasteiger charge is -2.06. The lowest BCUT2D eigenvalue weighted by Crippen LogP contribution is -2.11. The van der Waals surface area contributed by atoms with E-state index < -0.39 is 11.9 Å². The fourth-order valence-corrected chi connectivity index (χ4v) is 2.94. The number of nitrogens with zero attached hydrogens (tertiary/aromatic N) is 2. The first-order valence-electron chi connectivity index (χ1n) is 8.28. The summed E-state index contributed by atoms with van der Waals surface area (Å²) in [5.74, 6) is -1.05. The molecule has 0 bridgehead atoms. The maximum Gasteiger partial charge on any atom is 0.343 e. The molecular formula is C20H18ClN3O3. The van der Waals surface area contributed by atoms with Crippen LogP contribution < -0.4 is 5.73 Å². The molecular weight excluding hydrogens is 366 g/mol. The summed E-state index contributed by atoms with van der Waals surface area (Å²) in [5, 5.41) is 4.59. The standard InChI is InChI=1S/C20H18ClN3O3/c1-13-17(18(21)24(23-13)11-14-5-3-2-4-6-14)20(26)27-12-15-7-9-16(10-8-15)19(22)25/h2-10H,11-12H2,1H3,(H2,22,25). The normalized spacial score (nSPS) is 10.6. The van der Waals surface area contributed by atoms with E-state index in [2.05, 4.69) is 5.10 Å². The van der Waals surface area contributed by atoms with Crippen LogP contribution in [0.5, 0.6) is 0 Å². The number of nitrogens with two attached hydrogens (primary N) is 1. The van der Waals surface area contributed by atoms with Crippen molar-refractivity contribution < 1.29 is 14.3 Å². The van der Waals surface area contributed by atoms with Gasteiger partial charge in [-0.1, -0.05) is 54.1 Å². The topological polar surface area (TPSA) is 87.2 Å². The highest BCUT2D eigenvalue weighted by Crippen LogP contribution is 2.22. The van der Waals surface area contributed by atoms with Crippen LogP contribution in [0.4, 0.5) is 0 Å². The second kappa shape index (κ2) is 8.05. The Hall–Kier alpha value is -3.12. The molecule has 1 amide bonds. The Morgan fingerprint density at radius 1 is 1.07 bits per heavy atom. The summed E-state index contributed by atoms with van der Waals surface area (Å²) >= 11 is 6.36. The maximum absolute atomic E-state index is 12.5. The fraction of sp³-hybridized carbons (Fsp3) is 0.150. The van der Waals surface area contributed by atoms with E-state index >= 15 is 0 Å². The summed E-state index contributed by atoms with van der Waals surface area (Å²) in [6.45, 7) is 2.23. The van der Waals surface area contributed by atoms with Gasteiger partial charge in [0.2, 0.25) is 5.91 Å². The summed E-state index contributed by atoms with van der Waals surface area (Å²) in [6, 6.07) is 16.2. The van der Waals surface area contributed by atoms with Gasteiger partial charge >= 0.3 is 5.97 Å². The van der Waals surface area contributed by atoms with Crippen LogP contribution in [0.15, 0.2) is 54.6 Å². The minimum Gasteiger partial charge on any atom is -0.457 e. The number of carbonyl (C=O) groups excluding carboxylic acids is 2. The molecule has 0 aliphatic carbocycles. The molecule has 6 nitrogen and oxygen atoms in total. The average Bonchev–Trinajstić information content (AvgIpc) is 2.94. The maximum atomic E-state index is 12.5. The van der Waals surface area contributed by atoms with Gasteiger partial charge in [-0.15, -0.1) is 0 Å². The molecule has 3 aromatic rings. The van der Waals surface area contributed by atoms with Crippen molar-refractivity contribution in [2.45, 2.75) is 20.1 Å². The number of amides is 1. The van der Waals surface area contributed by atoms with Gasteiger partial charge in [-0.25, -0.2) is 9.48 Å². The number of aryl methyl sites for hydroxylation is 1. The zero-order valence-corrected chi connectivity index (χ0v) is 15.4. The fourth-order valence-electron chi connectivity index (χ4n) is 2.63. The Labute approximate surface area is 161 Å². The predicted molar refractivity (Wildman–Crippen MR) is 102 cm³/mol. The molecule has 2 N–H and O–H groups in total. The molecule has 0 aliphatic heterocycles.